The molecule has 3 aliphatic rings. The van der Waals surface area contributed by atoms with E-state index in [1.54, 1.807) is 32.9 Å². The van der Waals surface area contributed by atoms with Gasteiger partial charge in [0.15, 0.2) is 0 Å². The molecule has 3 amide bonds. The number of nitriles is 1. The second-order valence-electron chi connectivity index (χ2n) is 16.3. The lowest BCUT2D eigenvalue weighted by atomic mass is 10.0. The van der Waals surface area contributed by atoms with E-state index in [4.69, 9.17) is 0 Å². The molecule has 5 N–H and O–H groups in total. The van der Waals surface area contributed by atoms with E-state index in [0.29, 0.717) is 77.6 Å². The lowest BCUT2D eigenvalue weighted by molar-refractivity contribution is -0.140. The van der Waals surface area contributed by atoms with Gasteiger partial charge in [-0.25, -0.2) is 8.78 Å². The van der Waals surface area contributed by atoms with Crippen LogP contribution in [0.25, 0.3) is 12.2 Å². The van der Waals surface area contributed by atoms with Crippen LogP contribution < -0.4 is 10.6 Å². The van der Waals surface area contributed by atoms with Gasteiger partial charge in [-0.15, -0.1) is 0 Å². The van der Waals surface area contributed by atoms with Gasteiger partial charge >= 0.3 is 17.9 Å². The smallest absolute Gasteiger partial charge is 0.317 e. The highest BCUT2D eigenvalue weighted by molar-refractivity contribution is 6.00. The van der Waals surface area contributed by atoms with E-state index in [1.165, 1.54) is 18.5 Å². The number of halogens is 2. The maximum atomic E-state index is 13.8. The number of carboxylic acids is 3. The minimum Gasteiger partial charge on any atom is -0.480 e. The number of pyridine rings is 1. The average Bonchev–Trinajstić information content (AvgIpc) is 3.59. The third-order valence-corrected chi connectivity index (χ3v) is 11.5. The molecule has 0 saturated carbocycles. The highest BCUT2D eigenvalue weighted by atomic mass is 19.3. The van der Waals surface area contributed by atoms with Crippen LogP contribution >= 0.6 is 0 Å². The Hall–Kier alpha value is -5.92. The van der Waals surface area contributed by atoms with Crippen molar-refractivity contribution in [1.82, 2.24) is 45.0 Å². The Balaban J connectivity index is 1.08. The summed E-state index contributed by atoms with van der Waals surface area (Å²) < 4.78 is 27.6. The van der Waals surface area contributed by atoms with Gasteiger partial charge in [0.05, 0.1) is 45.3 Å². The molecule has 4 heterocycles. The monoisotopic (exact) mass is 894 g/mol. The number of rotatable bonds is 16. The maximum Gasteiger partial charge on any atom is 0.317 e. The number of aromatic nitrogens is 1. The Bertz CT molecular complexity index is 2000. The molecule has 3 aliphatic heterocycles. The minimum absolute atomic E-state index is 0.0626. The van der Waals surface area contributed by atoms with Gasteiger partial charge in [0.2, 0.25) is 11.8 Å². The molecule has 3 fully saturated rings. The molecule has 3 saturated heterocycles. The van der Waals surface area contributed by atoms with Gasteiger partial charge in [0.25, 0.3) is 11.8 Å². The van der Waals surface area contributed by atoms with E-state index in [2.05, 4.69) is 15.6 Å². The van der Waals surface area contributed by atoms with Gasteiger partial charge in [-0.2, -0.15) is 5.26 Å². The van der Waals surface area contributed by atoms with E-state index < -0.39 is 61.2 Å². The standard InChI is InChI=1S/C43H56F2N10O9/c44-43(45)21-35(22-46)55(30-43)37(56)25-49-42(64)36-7-10-47-24-33(36)6-5-31-1-3-32(4-2-31)23-48-34-8-11-54(12-9-34)38(57)26-50-13-15-51(27-39(58)59)17-19-53(29-41(62)63)20-18-52(16-14-50)28-40(60)61/h1-7,10,24,34-35,48H,8-9,11-21,23,25-30H2,(H,49,64)(H,58,59)(H,60,61)(H,62,63)/b6-5+/t35-/m0/s1. The summed E-state index contributed by atoms with van der Waals surface area (Å²) in [4.78, 5) is 87.6. The van der Waals surface area contributed by atoms with Crippen molar-refractivity contribution in [3.05, 3.63) is 65.0 Å². The number of alkyl halides is 2. The lowest BCUT2D eigenvalue weighted by Crippen LogP contribution is -2.51. The third kappa shape index (κ3) is 15.7. The molecule has 346 valence electrons. The maximum absolute atomic E-state index is 13.8. The van der Waals surface area contributed by atoms with Gasteiger partial charge in [0.1, 0.15) is 6.04 Å². The lowest BCUT2D eigenvalue weighted by Gasteiger charge is -2.35. The number of likely N-dealkylation sites (tertiary alicyclic amines) is 2. The molecule has 0 radical (unpaired) electrons. The van der Waals surface area contributed by atoms with Crippen LogP contribution in [0.5, 0.6) is 0 Å². The average molecular weight is 895 g/mol. The second-order valence-corrected chi connectivity index (χ2v) is 16.3. The van der Waals surface area contributed by atoms with Gasteiger partial charge in [0, 0.05) is 108 Å². The number of nitrogens with zero attached hydrogens (tertiary/aromatic N) is 8. The van der Waals surface area contributed by atoms with Crippen molar-refractivity contribution in [2.45, 2.75) is 43.8 Å². The Morgan fingerprint density at radius 3 is 1.80 bits per heavy atom. The summed E-state index contributed by atoms with van der Waals surface area (Å²) >= 11 is 0. The zero-order chi connectivity index (χ0) is 46.2. The van der Waals surface area contributed by atoms with Crippen LogP contribution in [-0.4, -0.2) is 208 Å². The number of carbonyl (C=O) groups excluding carboxylic acids is 3. The Morgan fingerprint density at radius 1 is 0.750 bits per heavy atom. The van der Waals surface area contributed by atoms with E-state index in [-0.39, 0.29) is 43.7 Å². The molecule has 1 aromatic carbocycles. The van der Waals surface area contributed by atoms with E-state index in [0.717, 1.165) is 28.9 Å². The van der Waals surface area contributed by atoms with E-state index >= 15 is 0 Å². The normalized spacial score (nSPS) is 20.0. The van der Waals surface area contributed by atoms with Crippen LogP contribution in [0, 0.1) is 11.3 Å². The van der Waals surface area contributed by atoms with Gasteiger partial charge in [-0.3, -0.25) is 53.4 Å². The number of amides is 3. The molecule has 0 unspecified atom stereocenters. The van der Waals surface area contributed by atoms with Crippen molar-refractivity contribution < 1.29 is 52.9 Å². The SMILES string of the molecule is N#C[C@@H]1CC(F)(F)CN1C(=O)CNC(=O)c1ccncc1/C=C/c1ccc(CNC2CCN(C(=O)CN3CCN(CC(=O)O)CCN(CC(=O)O)CCN(CC(=O)O)CC3)CC2)cc1. The number of carbonyl (C=O) groups is 6. The summed E-state index contributed by atoms with van der Waals surface area (Å²) in [5.74, 6) is -7.64. The van der Waals surface area contributed by atoms with Gasteiger partial charge in [-0.1, -0.05) is 36.4 Å². The number of aliphatic carboxylic acids is 3. The summed E-state index contributed by atoms with van der Waals surface area (Å²) in [6.07, 6.45) is 7.17. The molecule has 0 bridgehead atoms. The first-order chi connectivity index (χ1) is 30.6. The second kappa shape index (κ2) is 23.7. The van der Waals surface area contributed by atoms with Gasteiger partial charge in [-0.05, 0) is 30.0 Å². The first-order valence-electron chi connectivity index (χ1n) is 21.2. The molecule has 5 rings (SSSR count). The fourth-order valence-electron chi connectivity index (χ4n) is 7.90. The summed E-state index contributed by atoms with van der Waals surface area (Å²) in [7, 11) is 0. The predicted molar refractivity (Wildman–Crippen MR) is 228 cm³/mol. The van der Waals surface area contributed by atoms with Crippen molar-refractivity contribution in [1.29, 1.82) is 5.26 Å². The molecule has 1 atom stereocenters. The fourth-order valence-corrected chi connectivity index (χ4v) is 7.90. The molecule has 1 aromatic heterocycles. The molecule has 0 aliphatic carbocycles. The fraction of sp³-hybridized carbons (Fsp3) is 0.535. The molecule has 21 heteroatoms. The molecule has 0 spiro atoms. The van der Waals surface area contributed by atoms with E-state index in [1.807, 2.05) is 34.1 Å². The minimum atomic E-state index is -3.16. The third-order valence-electron chi connectivity index (χ3n) is 11.5. The molecular weight excluding hydrogens is 839 g/mol. The van der Waals surface area contributed by atoms with Crippen molar-refractivity contribution >= 4 is 47.8 Å². The molecule has 2 aromatic rings. The van der Waals surface area contributed by atoms with Crippen molar-refractivity contribution in [2.75, 3.05) is 105 Å². The summed E-state index contributed by atoms with van der Waals surface area (Å²) in [5.41, 5.74) is 2.59. The number of carboxylic acid groups (broad SMARTS) is 3. The molecule has 19 nitrogen and oxygen atoms in total. The highest BCUT2D eigenvalue weighted by Gasteiger charge is 2.47. The zero-order valence-corrected chi connectivity index (χ0v) is 35.6. The quantitative estimate of drug-likeness (QED) is 0.152. The van der Waals surface area contributed by atoms with Crippen LogP contribution in [-0.2, 0) is 30.5 Å². The van der Waals surface area contributed by atoms with Crippen LogP contribution in [0.3, 0.4) is 0 Å². The summed E-state index contributed by atoms with van der Waals surface area (Å²) in [6.45, 7) is 2.25. The molecule has 64 heavy (non-hydrogen) atoms. The summed E-state index contributed by atoms with van der Waals surface area (Å²) in [5, 5.41) is 43.6. The van der Waals surface area contributed by atoms with Crippen molar-refractivity contribution in [3.8, 4) is 6.07 Å². The first-order valence-corrected chi connectivity index (χ1v) is 21.2. The number of hydrogen-bond acceptors (Lipinski definition) is 13. The van der Waals surface area contributed by atoms with Crippen molar-refractivity contribution in [2.24, 2.45) is 0 Å². The van der Waals surface area contributed by atoms with Crippen LogP contribution in [0.4, 0.5) is 8.78 Å². The zero-order valence-electron chi connectivity index (χ0n) is 35.6. The Morgan fingerprint density at radius 2 is 1.28 bits per heavy atom. The highest BCUT2D eigenvalue weighted by Crippen LogP contribution is 2.31. The largest absolute Gasteiger partial charge is 0.480 e. The van der Waals surface area contributed by atoms with Crippen molar-refractivity contribution in [3.63, 3.8) is 0 Å². The van der Waals surface area contributed by atoms with Crippen LogP contribution in [0.1, 0.15) is 46.3 Å². The van der Waals surface area contributed by atoms with Crippen LogP contribution in [0.15, 0.2) is 42.7 Å². The predicted octanol–water partition coefficient (Wildman–Crippen LogP) is 0.298. The number of hydrogen-bond donors (Lipinski definition) is 5. The summed E-state index contributed by atoms with van der Waals surface area (Å²) in [6, 6.07) is 9.92. The first kappa shape index (κ1) is 49.1. The number of piperidine rings is 1. The Labute approximate surface area is 369 Å². The number of nitrogens with one attached hydrogen (secondary N) is 2. The molecular formula is C43H56F2N10O9. The van der Waals surface area contributed by atoms with E-state index in [9.17, 15) is 58.1 Å². The Kier molecular flexibility index (Phi) is 18.2. The van der Waals surface area contributed by atoms with Gasteiger partial charge < -0.3 is 35.8 Å². The topological polar surface area (TPSA) is 243 Å². The van der Waals surface area contributed by atoms with Crippen LogP contribution in [0.2, 0.25) is 0 Å². The number of benzene rings is 1.